The molecule has 3 nitrogen and oxygen atoms in total. The van der Waals surface area contributed by atoms with Gasteiger partial charge in [-0.15, -0.1) is 0 Å². The average molecular weight is 282 g/mol. The second kappa shape index (κ2) is 6.76. The summed E-state index contributed by atoms with van der Waals surface area (Å²) in [4.78, 5) is 2.61. The highest BCUT2D eigenvalue weighted by Gasteiger charge is 2.50. The third-order valence-electron chi connectivity index (χ3n) is 5.81. The number of nitrogens with zero attached hydrogens (tertiary/aromatic N) is 1. The van der Waals surface area contributed by atoms with E-state index >= 15 is 0 Å². The fourth-order valence-corrected chi connectivity index (χ4v) is 3.87. The van der Waals surface area contributed by atoms with E-state index < -0.39 is 0 Å². The molecule has 0 amide bonds. The van der Waals surface area contributed by atoms with Crippen LogP contribution in [0.5, 0.6) is 0 Å². The summed E-state index contributed by atoms with van der Waals surface area (Å²) in [6.07, 6.45) is 4.22. The van der Waals surface area contributed by atoms with Gasteiger partial charge in [0.15, 0.2) is 0 Å². The van der Waals surface area contributed by atoms with Crippen molar-refractivity contribution >= 4 is 0 Å². The SMILES string of the molecule is CCOC1CC(NCC2CCN(C(C)C)C2)C1(C)CC. The van der Waals surface area contributed by atoms with E-state index in [0.717, 1.165) is 12.5 Å². The molecule has 2 rings (SSSR count). The molecule has 0 aromatic heterocycles. The molecule has 4 atom stereocenters. The summed E-state index contributed by atoms with van der Waals surface area (Å²) in [5.41, 5.74) is 0.340. The van der Waals surface area contributed by atoms with E-state index in [-0.39, 0.29) is 0 Å². The number of hydrogen-bond acceptors (Lipinski definition) is 3. The molecular formula is C17H34N2O. The summed E-state index contributed by atoms with van der Waals surface area (Å²) in [7, 11) is 0. The predicted octanol–water partition coefficient (Wildman–Crippen LogP) is 2.90. The number of rotatable bonds is 7. The lowest BCUT2D eigenvalue weighted by Crippen LogP contribution is -2.62. The van der Waals surface area contributed by atoms with Crippen LogP contribution in [0.3, 0.4) is 0 Å². The maximum absolute atomic E-state index is 5.89. The van der Waals surface area contributed by atoms with Gasteiger partial charge < -0.3 is 15.0 Å². The minimum Gasteiger partial charge on any atom is -0.378 e. The second-order valence-corrected chi connectivity index (χ2v) is 7.24. The third-order valence-corrected chi connectivity index (χ3v) is 5.81. The molecule has 0 radical (unpaired) electrons. The largest absolute Gasteiger partial charge is 0.378 e. The average Bonchev–Trinajstić information content (AvgIpc) is 2.90. The Morgan fingerprint density at radius 3 is 2.65 bits per heavy atom. The van der Waals surface area contributed by atoms with E-state index in [1.165, 1.54) is 38.9 Å². The molecule has 0 bridgehead atoms. The number of likely N-dealkylation sites (tertiary alicyclic amines) is 1. The van der Waals surface area contributed by atoms with Crippen molar-refractivity contribution in [1.82, 2.24) is 10.2 Å². The molecule has 0 spiro atoms. The Hall–Kier alpha value is -0.120. The summed E-state index contributed by atoms with van der Waals surface area (Å²) in [5, 5.41) is 3.84. The Balaban J connectivity index is 1.75. The summed E-state index contributed by atoms with van der Waals surface area (Å²) >= 11 is 0. The first-order valence-corrected chi connectivity index (χ1v) is 8.60. The zero-order valence-electron chi connectivity index (χ0n) is 14.1. The Bertz CT molecular complexity index is 307. The Labute approximate surface area is 125 Å². The zero-order valence-corrected chi connectivity index (χ0v) is 14.1. The lowest BCUT2D eigenvalue weighted by Gasteiger charge is -2.54. The Morgan fingerprint density at radius 2 is 2.10 bits per heavy atom. The predicted molar refractivity (Wildman–Crippen MR) is 85.0 cm³/mol. The Morgan fingerprint density at radius 1 is 1.35 bits per heavy atom. The van der Waals surface area contributed by atoms with Gasteiger partial charge in [0.25, 0.3) is 0 Å². The molecule has 2 fully saturated rings. The van der Waals surface area contributed by atoms with E-state index in [1.807, 2.05) is 0 Å². The van der Waals surface area contributed by atoms with Crippen LogP contribution in [0.15, 0.2) is 0 Å². The van der Waals surface area contributed by atoms with E-state index in [2.05, 4.69) is 44.8 Å². The fraction of sp³-hybridized carbons (Fsp3) is 1.00. The molecule has 118 valence electrons. The van der Waals surface area contributed by atoms with E-state index in [0.29, 0.717) is 23.6 Å². The summed E-state index contributed by atoms with van der Waals surface area (Å²) in [6.45, 7) is 16.0. The van der Waals surface area contributed by atoms with Gasteiger partial charge in [0.2, 0.25) is 0 Å². The van der Waals surface area contributed by atoms with Gasteiger partial charge in [-0.1, -0.05) is 13.8 Å². The van der Waals surface area contributed by atoms with Crippen LogP contribution in [-0.4, -0.2) is 49.3 Å². The quantitative estimate of drug-likeness (QED) is 0.777. The number of hydrogen-bond donors (Lipinski definition) is 1. The van der Waals surface area contributed by atoms with E-state index in [4.69, 9.17) is 4.74 Å². The molecule has 1 heterocycles. The highest BCUT2D eigenvalue weighted by Crippen LogP contribution is 2.45. The highest BCUT2D eigenvalue weighted by molar-refractivity contribution is 5.05. The molecule has 1 saturated carbocycles. The molecule has 20 heavy (non-hydrogen) atoms. The van der Waals surface area contributed by atoms with Crippen LogP contribution in [0.2, 0.25) is 0 Å². The van der Waals surface area contributed by atoms with Crippen molar-refractivity contribution in [3.63, 3.8) is 0 Å². The van der Waals surface area contributed by atoms with Gasteiger partial charge in [-0.05, 0) is 59.0 Å². The zero-order chi connectivity index (χ0) is 14.8. The summed E-state index contributed by atoms with van der Waals surface area (Å²) in [6, 6.07) is 1.35. The molecular weight excluding hydrogens is 248 g/mol. The van der Waals surface area contributed by atoms with Crippen LogP contribution in [0.25, 0.3) is 0 Å². The highest BCUT2D eigenvalue weighted by atomic mass is 16.5. The van der Waals surface area contributed by atoms with Crippen LogP contribution in [-0.2, 0) is 4.74 Å². The van der Waals surface area contributed by atoms with Crippen molar-refractivity contribution in [3.05, 3.63) is 0 Å². The van der Waals surface area contributed by atoms with E-state index in [1.54, 1.807) is 0 Å². The fourth-order valence-electron chi connectivity index (χ4n) is 3.87. The third kappa shape index (κ3) is 3.20. The van der Waals surface area contributed by atoms with Gasteiger partial charge in [0.05, 0.1) is 6.10 Å². The van der Waals surface area contributed by atoms with Gasteiger partial charge in [0, 0.05) is 30.7 Å². The monoisotopic (exact) mass is 282 g/mol. The summed E-state index contributed by atoms with van der Waals surface area (Å²) in [5.74, 6) is 0.838. The van der Waals surface area contributed by atoms with E-state index in [9.17, 15) is 0 Å². The summed E-state index contributed by atoms with van der Waals surface area (Å²) < 4.78 is 5.89. The van der Waals surface area contributed by atoms with Crippen molar-refractivity contribution in [2.75, 3.05) is 26.2 Å². The molecule has 3 heteroatoms. The molecule has 2 aliphatic rings. The van der Waals surface area contributed by atoms with Crippen LogP contribution in [0.4, 0.5) is 0 Å². The molecule has 4 unspecified atom stereocenters. The maximum atomic E-state index is 5.89. The van der Waals surface area contributed by atoms with Crippen molar-refractivity contribution in [3.8, 4) is 0 Å². The van der Waals surface area contributed by atoms with Gasteiger partial charge >= 0.3 is 0 Å². The molecule has 1 N–H and O–H groups in total. The van der Waals surface area contributed by atoms with Gasteiger partial charge in [-0.3, -0.25) is 0 Å². The number of nitrogens with one attached hydrogen (secondary N) is 1. The van der Waals surface area contributed by atoms with Gasteiger partial charge in [-0.25, -0.2) is 0 Å². The number of ether oxygens (including phenoxy) is 1. The van der Waals surface area contributed by atoms with Crippen LogP contribution in [0.1, 0.15) is 53.9 Å². The van der Waals surface area contributed by atoms with Gasteiger partial charge in [0.1, 0.15) is 0 Å². The topological polar surface area (TPSA) is 24.5 Å². The first-order chi connectivity index (χ1) is 9.51. The Kier molecular flexibility index (Phi) is 5.49. The van der Waals surface area contributed by atoms with Crippen molar-refractivity contribution < 1.29 is 4.74 Å². The molecule has 1 aliphatic carbocycles. The van der Waals surface area contributed by atoms with Gasteiger partial charge in [-0.2, -0.15) is 0 Å². The normalized spacial score (nSPS) is 38.4. The van der Waals surface area contributed by atoms with Crippen molar-refractivity contribution in [2.24, 2.45) is 11.3 Å². The second-order valence-electron chi connectivity index (χ2n) is 7.24. The lowest BCUT2D eigenvalue weighted by molar-refractivity contribution is -0.126. The first kappa shape index (κ1) is 16.3. The van der Waals surface area contributed by atoms with Crippen LogP contribution < -0.4 is 5.32 Å². The maximum Gasteiger partial charge on any atom is 0.0658 e. The standard InChI is InChI=1S/C17H34N2O/c1-6-17(5)15(10-16(17)20-7-2)18-11-14-8-9-19(12-14)13(3)4/h13-16,18H,6-12H2,1-5H3. The minimum absolute atomic E-state index is 0.340. The van der Waals surface area contributed by atoms with Crippen LogP contribution >= 0.6 is 0 Å². The molecule has 0 aromatic carbocycles. The first-order valence-electron chi connectivity index (χ1n) is 8.60. The molecule has 1 saturated heterocycles. The van der Waals surface area contributed by atoms with Crippen molar-refractivity contribution in [2.45, 2.75) is 72.1 Å². The minimum atomic E-state index is 0.340. The molecule has 0 aromatic rings. The van der Waals surface area contributed by atoms with Crippen LogP contribution in [0, 0.1) is 11.3 Å². The smallest absolute Gasteiger partial charge is 0.0658 e. The molecule has 1 aliphatic heterocycles. The van der Waals surface area contributed by atoms with Crippen molar-refractivity contribution in [1.29, 1.82) is 0 Å². The lowest BCUT2D eigenvalue weighted by atomic mass is 9.61.